The number of aromatic amines is 1. The SMILES string of the molecule is CC(C)(CNC(=O)c1cc[nH]c1C1CCC1)C1(O)CCOCC1. The Balaban J connectivity index is 1.63. The van der Waals surface area contributed by atoms with Crippen molar-refractivity contribution in [2.75, 3.05) is 19.8 Å². The van der Waals surface area contributed by atoms with Crippen molar-refractivity contribution in [3.05, 3.63) is 23.5 Å². The minimum Gasteiger partial charge on any atom is -0.389 e. The fraction of sp³-hybridized carbons (Fsp3) is 0.722. The summed E-state index contributed by atoms with van der Waals surface area (Å²) in [6.45, 7) is 5.65. The number of rotatable bonds is 5. The van der Waals surface area contributed by atoms with Crippen molar-refractivity contribution in [1.29, 1.82) is 0 Å². The van der Waals surface area contributed by atoms with E-state index in [0.717, 1.165) is 24.1 Å². The second-order valence-corrected chi connectivity index (χ2v) is 7.64. The predicted molar refractivity (Wildman–Crippen MR) is 88.5 cm³/mol. The zero-order valence-corrected chi connectivity index (χ0v) is 14.2. The molecular formula is C18H28N2O3. The molecule has 2 heterocycles. The molecule has 128 valence electrons. The topological polar surface area (TPSA) is 74.4 Å². The highest BCUT2D eigenvalue weighted by atomic mass is 16.5. The number of aliphatic hydroxyl groups is 1. The summed E-state index contributed by atoms with van der Waals surface area (Å²) in [7, 11) is 0. The Morgan fingerprint density at radius 3 is 2.74 bits per heavy atom. The molecule has 3 rings (SSSR count). The van der Waals surface area contributed by atoms with Gasteiger partial charge < -0.3 is 20.1 Å². The van der Waals surface area contributed by atoms with Crippen LogP contribution in [0.3, 0.4) is 0 Å². The van der Waals surface area contributed by atoms with Crippen LogP contribution in [0.1, 0.15) is 67.9 Å². The highest BCUT2D eigenvalue weighted by Crippen LogP contribution is 2.39. The Morgan fingerprint density at radius 1 is 1.43 bits per heavy atom. The monoisotopic (exact) mass is 320 g/mol. The molecule has 2 aliphatic rings. The van der Waals surface area contributed by atoms with E-state index >= 15 is 0 Å². The summed E-state index contributed by atoms with van der Waals surface area (Å²) >= 11 is 0. The number of amides is 1. The first-order valence-corrected chi connectivity index (χ1v) is 8.69. The van der Waals surface area contributed by atoms with E-state index in [0.29, 0.717) is 38.5 Å². The van der Waals surface area contributed by atoms with Gasteiger partial charge in [-0.3, -0.25) is 4.79 Å². The number of H-pyrrole nitrogens is 1. The predicted octanol–water partition coefficient (Wildman–Crippen LogP) is 2.58. The van der Waals surface area contributed by atoms with Gasteiger partial charge in [0.15, 0.2) is 0 Å². The number of ether oxygens (including phenoxy) is 1. The van der Waals surface area contributed by atoms with E-state index in [2.05, 4.69) is 10.3 Å². The molecule has 1 saturated heterocycles. The Bertz CT molecular complexity index is 554. The summed E-state index contributed by atoms with van der Waals surface area (Å²) in [4.78, 5) is 15.8. The molecular weight excluding hydrogens is 292 g/mol. The number of hydrogen-bond donors (Lipinski definition) is 3. The summed E-state index contributed by atoms with van der Waals surface area (Å²) < 4.78 is 5.35. The zero-order chi connectivity index (χ0) is 16.5. The van der Waals surface area contributed by atoms with Crippen molar-refractivity contribution in [3.63, 3.8) is 0 Å². The fourth-order valence-electron chi connectivity index (χ4n) is 3.56. The summed E-state index contributed by atoms with van der Waals surface area (Å²) in [5.74, 6) is 0.454. The smallest absolute Gasteiger partial charge is 0.253 e. The van der Waals surface area contributed by atoms with Gasteiger partial charge in [-0.2, -0.15) is 0 Å². The first kappa shape index (κ1) is 16.5. The molecule has 1 saturated carbocycles. The summed E-state index contributed by atoms with van der Waals surface area (Å²) in [5.41, 5.74) is 0.646. The van der Waals surface area contributed by atoms with Gasteiger partial charge in [0.1, 0.15) is 0 Å². The van der Waals surface area contributed by atoms with Crippen molar-refractivity contribution in [1.82, 2.24) is 10.3 Å². The van der Waals surface area contributed by atoms with E-state index in [9.17, 15) is 9.90 Å². The van der Waals surface area contributed by atoms with Crippen molar-refractivity contribution < 1.29 is 14.6 Å². The number of carbonyl (C=O) groups is 1. The maximum atomic E-state index is 12.6. The molecule has 0 radical (unpaired) electrons. The van der Waals surface area contributed by atoms with Crippen LogP contribution < -0.4 is 5.32 Å². The van der Waals surface area contributed by atoms with Crippen LogP contribution in [0.2, 0.25) is 0 Å². The van der Waals surface area contributed by atoms with E-state index in [1.54, 1.807) is 0 Å². The molecule has 5 heteroatoms. The highest BCUT2D eigenvalue weighted by molar-refractivity contribution is 5.95. The van der Waals surface area contributed by atoms with Gasteiger partial charge in [0.05, 0.1) is 11.2 Å². The average Bonchev–Trinajstić information content (AvgIpc) is 2.93. The summed E-state index contributed by atoms with van der Waals surface area (Å²) in [5, 5.41) is 13.9. The van der Waals surface area contributed by atoms with Crippen LogP contribution in [0.5, 0.6) is 0 Å². The van der Waals surface area contributed by atoms with E-state index in [1.807, 2.05) is 26.1 Å². The molecule has 0 bridgehead atoms. The van der Waals surface area contributed by atoms with Gasteiger partial charge in [-0.1, -0.05) is 20.3 Å². The van der Waals surface area contributed by atoms with Crippen molar-refractivity contribution in [2.45, 2.75) is 57.5 Å². The average molecular weight is 320 g/mol. The third-order valence-corrected chi connectivity index (χ3v) is 5.81. The third-order valence-electron chi connectivity index (χ3n) is 5.81. The second kappa shape index (κ2) is 6.29. The van der Waals surface area contributed by atoms with E-state index in [4.69, 9.17) is 4.74 Å². The number of hydrogen-bond acceptors (Lipinski definition) is 3. The summed E-state index contributed by atoms with van der Waals surface area (Å²) in [6.07, 6.45) is 6.64. The molecule has 0 unspecified atom stereocenters. The van der Waals surface area contributed by atoms with Crippen LogP contribution in [0, 0.1) is 5.41 Å². The standard InChI is InChI=1S/C18H28N2O3/c1-17(2,18(22)7-10-23-11-8-18)12-20-16(21)14-6-9-19-15(14)13-4-3-5-13/h6,9,13,19,22H,3-5,7-8,10-12H2,1-2H3,(H,20,21). The molecule has 1 aliphatic heterocycles. The molecule has 1 aromatic rings. The molecule has 1 aliphatic carbocycles. The van der Waals surface area contributed by atoms with Crippen LogP contribution in [0.4, 0.5) is 0 Å². The lowest BCUT2D eigenvalue weighted by molar-refractivity contribution is -0.130. The van der Waals surface area contributed by atoms with Crippen molar-refractivity contribution >= 4 is 5.91 Å². The largest absolute Gasteiger partial charge is 0.389 e. The summed E-state index contributed by atoms with van der Waals surface area (Å²) in [6, 6.07) is 1.86. The highest BCUT2D eigenvalue weighted by Gasteiger charge is 2.44. The lowest BCUT2D eigenvalue weighted by atomic mass is 9.70. The van der Waals surface area contributed by atoms with E-state index in [-0.39, 0.29) is 11.3 Å². The molecule has 0 atom stereocenters. The number of nitrogens with one attached hydrogen (secondary N) is 2. The Labute approximate surface area is 137 Å². The van der Waals surface area contributed by atoms with Gasteiger partial charge >= 0.3 is 0 Å². The van der Waals surface area contributed by atoms with Gasteiger partial charge in [-0.05, 0) is 24.8 Å². The maximum absolute atomic E-state index is 12.6. The minimum atomic E-state index is -0.784. The van der Waals surface area contributed by atoms with Crippen LogP contribution in [0.25, 0.3) is 0 Å². The zero-order valence-electron chi connectivity index (χ0n) is 14.2. The molecule has 2 fully saturated rings. The van der Waals surface area contributed by atoms with E-state index in [1.165, 1.54) is 6.42 Å². The number of aromatic nitrogens is 1. The van der Waals surface area contributed by atoms with Crippen molar-refractivity contribution in [3.8, 4) is 0 Å². The van der Waals surface area contributed by atoms with Gasteiger partial charge in [-0.15, -0.1) is 0 Å². The molecule has 23 heavy (non-hydrogen) atoms. The first-order valence-electron chi connectivity index (χ1n) is 8.69. The van der Waals surface area contributed by atoms with E-state index < -0.39 is 5.60 Å². The Hall–Kier alpha value is -1.33. The molecule has 1 amide bonds. The van der Waals surface area contributed by atoms with Crippen LogP contribution in [-0.4, -0.2) is 41.4 Å². The molecule has 0 spiro atoms. The molecule has 3 N–H and O–H groups in total. The lowest BCUT2D eigenvalue weighted by Gasteiger charge is -2.45. The Morgan fingerprint density at radius 2 is 2.13 bits per heavy atom. The van der Waals surface area contributed by atoms with Gasteiger partial charge in [0, 0.05) is 49.9 Å². The quantitative estimate of drug-likeness (QED) is 0.780. The molecule has 5 nitrogen and oxygen atoms in total. The maximum Gasteiger partial charge on any atom is 0.253 e. The van der Waals surface area contributed by atoms with Gasteiger partial charge in [-0.25, -0.2) is 0 Å². The normalized spacial score (nSPS) is 21.7. The van der Waals surface area contributed by atoms with Crippen molar-refractivity contribution in [2.24, 2.45) is 5.41 Å². The van der Waals surface area contributed by atoms with Gasteiger partial charge in [0.25, 0.3) is 5.91 Å². The fourth-order valence-corrected chi connectivity index (χ4v) is 3.56. The first-order chi connectivity index (χ1) is 10.9. The third kappa shape index (κ3) is 3.17. The van der Waals surface area contributed by atoms with Crippen LogP contribution >= 0.6 is 0 Å². The molecule has 0 aromatic carbocycles. The van der Waals surface area contributed by atoms with Crippen LogP contribution in [-0.2, 0) is 4.74 Å². The molecule has 1 aromatic heterocycles. The second-order valence-electron chi connectivity index (χ2n) is 7.64. The van der Waals surface area contributed by atoms with Gasteiger partial charge in [0.2, 0.25) is 0 Å². The van der Waals surface area contributed by atoms with Crippen LogP contribution in [0.15, 0.2) is 12.3 Å². The lowest BCUT2D eigenvalue weighted by Crippen LogP contribution is -2.53. The Kier molecular flexibility index (Phi) is 4.52. The minimum absolute atomic E-state index is 0.0446. The number of carbonyl (C=O) groups excluding carboxylic acids is 1.